The molecular formula is C13H19NO2. The molecule has 2 rings (SSSR count). The Balaban J connectivity index is 2.02. The molecule has 16 heavy (non-hydrogen) atoms. The number of rotatable bonds is 3. The minimum Gasteiger partial charge on any atom is -0.508 e. The van der Waals surface area contributed by atoms with Crippen LogP contribution in [-0.2, 0) is 0 Å². The summed E-state index contributed by atoms with van der Waals surface area (Å²) in [5.74, 6) is 0.275. The predicted octanol–water partition coefficient (Wildman–Crippen LogP) is 2.13. The van der Waals surface area contributed by atoms with Crippen LogP contribution in [0, 0.1) is 0 Å². The minimum atomic E-state index is -0.521. The molecule has 0 unspecified atom stereocenters. The third-order valence-electron chi connectivity index (χ3n) is 3.36. The van der Waals surface area contributed by atoms with E-state index in [1.165, 1.54) is 0 Å². The van der Waals surface area contributed by atoms with Gasteiger partial charge in [-0.25, -0.2) is 0 Å². The van der Waals surface area contributed by atoms with Crippen molar-refractivity contribution in [2.75, 3.05) is 18.5 Å². The number of phenols is 1. The molecule has 1 aromatic rings. The lowest BCUT2D eigenvalue weighted by Gasteiger charge is -2.30. The van der Waals surface area contributed by atoms with Gasteiger partial charge in [0.2, 0.25) is 0 Å². The van der Waals surface area contributed by atoms with Gasteiger partial charge in [0.05, 0.1) is 5.60 Å². The molecule has 0 spiro atoms. The highest BCUT2D eigenvalue weighted by atomic mass is 16.3. The zero-order valence-electron chi connectivity index (χ0n) is 9.69. The Morgan fingerprint density at radius 2 is 1.75 bits per heavy atom. The van der Waals surface area contributed by atoms with E-state index in [-0.39, 0.29) is 5.75 Å². The highest BCUT2D eigenvalue weighted by molar-refractivity contribution is 5.48. The van der Waals surface area contributed by atoms with Crippen LogP contribution >= 0.6 is 0 Å². The van der Waals surface area contributed by atoms with E-state index >= 15 is 0 Å². The largest absolute Gasteiger partial charge is 0.508 e. The number of hydrogen-bond donors (Lipinski definition) is 2. The smallest absolute Gasteiger partial charge is 0.115 e. The molecule has 3 nitrogen and oxygen atoms in total. The quantitative estimate of drug-likeness (QED) is 0.821. The molecule has 2 N–H and O–H groups in total. The second-order valence-electron chi connectivity index (χ2n) is 4.80. The summed E-state index contributed by atoms with van der Waals surface area (Å²) in [5.41, 5.74) is 0.505. The predicted molar refractivity (Wildman–Crippen MR) is 64.8 cm³/mol. The first-order valence-corrected chi connectivity index (χ1v) is 5.82. The molecule has 1 aliphatic rings. The van der Waals surface area contributed by atoms with Gasteiger partial charge in [-0.15, -0.1) is 0 Å². The molecule has 1 saturated carbocycles. The van der Waals surface area contributed by atoms with Gasteiger partial charge in [0.15, 0.2) is 0 Å². The van der Waals surface area contributed by atoms with Crippen molar-refractivity contribution in [3.05, 3.63) is 24.3 Å². The van der Waals surface area contributed by atoms with E-state index in [1.807, 2.05) is 24.1 Å². The number of anilines is 1. The number of hydrogen-bond acceptors (Lipinski definition) is 3. The van der Waals surface area contributed by atoms with Gasteiger partial charge in [-0.3, -0.25) is 0 Å². The van der Waals surface area contributed by atoms with Gasteiger partial charge in [0, 0.05) is 19.3 Å². The van der Waals surface area contributed by atoms with E-state index in [0.29, 0.717) is 6.54 Å². The zero-order valence-corrected chi connectivity index (χ0v) is 9.69. The summed E-state index contributed by atoms with van der Waals surface area (Å²) < 4.78 is 0. The summed E-state index contributed by atoms with van der Waals surface area (Å²) in [5, 5.41) is 19.5. The van der Waals surface area contributed by atoms with E-state index in [4.69, 9.17) is 0 Å². The fourth-order valence-corrected chi connectivity index (χ4v) is 2.43. The number of aromatic hydroxyl groups is 1. The third kappa shape index (κ3) is 2.47. The summed E-state index contributed by atoms with van der Waals surface area (Å²) in [7, 11) is 1.97. The van der Waals surface area contributed by atoms with Crippen molar-refractivity contribution in [3.8, 4) is 5.75 Å². The summed E-state index contributed by atoms with van der Waals surface area (Å²) in [6.45, 7) is 0.664. The van der Waals surface area contributed by atoms with Crippen LogP contribution < -0.4 is 4.90 Å². The maximum Gasteiger partial charge on any atom is 0.115 e. The molecule has 0 aromatic heterocycles. The van der Waals surface area contributed by atoms with Crippen LogP contribution in [0.1, 0.15) is 25.7 Å². The number of benzene rings is 1. The lowest BCUT2D eigenvalue weighted by atomic mass is 10.0. The molecule has 0 saturated heterocycles. The zero-order chi connectivity index (χ0) is 11.6. The molecule has 3 heteroatoms. The Bertz CT molecular complexity index is 341. The Kier molecular flexibility index (Phi) is 3.06. The Hall–Kier alpha value is -1.22. The van der Waals surface area contributed by atoms with Crippen LogP contribution in [0.4, 0.5) is 5.69 Å². The summed E-state index contributed by atoms with van der Waals surface area (Å²) in [6.07, 6.45) is 4.05. The molecule has 88 valence electrons. The average molecular weight is 221 g/mol. The van der Waals surface area contributed by atoms with Crippen molar-refractivity contribution in [1.82, 2.24) is 0 Å². The second kappa shape index (κ2) is 4.34. The lowest BCUT2D eigenvalue weighted by molar-refractivity contribution is 0.0559. The standard InChI is InChI=1S/C13H19NO2/c1-14(10-13(16)8-2-3-9-13)11-4-6-12(15)7-5-11/h4-7,15-16H,2-3,8-10H2,1H3. The summed E-state index contributed by atoms with van der Waals surface area (Å²) in [6, 6.07) is 7.08. The van der Waals surface area contributed by atoms with Crippen LogP contribution in [-0.4, -0.2) is 29.4 Å². The average Bonchev–Trinajstić information content (AvgIpc) is 2.65. The Labute approximate surface area is 96.3 Å². The first-order chi connectivity index (χ1) is 7.59. The van der Waals surface area contributed by atoms with E-state index in [1.54, 1.807) is 12.1 Å². The molecule has 0 amide bonds. The van der Waals surface area contributed by atoms with E-state index < -0.39 is 5.60 Å². The monoisotopic (exact) mass is 221 g/mol. The molecule has 0 aliphatic heterocycles. The normalized spacial score (nSPS) is 18.6. The fourth-order valence-electron chi connectivity index (χ4n) is 2.43. The molecular weight excluding hydrogens is 202 g/mol. The summed E-state index contributed by atoms with van der Waals surface area (Å²) >= 11 is 0. The van der Waals surface area contributed by atoms with E-state index in [9.17, 15) is 10.2 Å². The third-order valence-corrected chi connectivity index (χ3v) is 3.36. The van der Waals surface area contributed by atoms with Gasteiger partial charge >= 0.3 is 0 Å². The minimum absolute atomic E-state index is 0.275. The Morgan fingerprint density at radius 3 is 2.31 bits per heavy atom. The first kappa shape index (κ1) is 11.3. The number of aliphatic hydroxyl groups is 1. The molecule has 1 fully saturated rings. The van der Waals surface area contributed by atoms with Crippen molar-refractivity contribution in [2.45, 2.75) is 31.3 Å². The molecule has 1 aromatic carbocycles. The maximum absolute atomic E-state index is 10.3. The SMILES string of the molecule is CN(CC1(O)CCCC1)c1ccc(O)cc1. The lowest BCUT2D eigenvalue weighted by Crippen LogP contribution is -2.39. The van der Waals surface area contributed by atoms with Crippen LogP contribution in [0.15, 0.2) is 24.3 Å². The van der Waals surface area contributed by atoms with Gasteiger partial charge in [-0.05, 0) is 37.1 Å². The first-order valence-electron chi connectivity index (χ1n) is 5.82. The van der Waals surface area contributed by atoms with Crippen molar-refractivity contribution < 1.29 is 10.2 Å². The van der Waals surface area contributed by atoms with Crippen molar-refractivity contribution in [1.29, 1.82) is 0 Å². The van der Waals surface area contributed by atoms with Crippen molar-refractivity contribution in [2.24, 2.45) is 0 Å². The van der Waals surface area contributed by atoms with Crippen molar-refractivity contribution in [3.63, 3.8) is 0 Å². The van der Waals surface area contributed by atoms with Gasteiger partial charge in [0.25, 0.3) is 0 Å². The van der Waals surface area contributed by atoms with E-state index in [0.717, 1.165) is 31.4 Å². The van der Waals surface area contributed by atoms with Gasteiger partial charge in [0.1, 0.15) is 5.75 Å². The topological polar surface area (TPSA) is 43.7 Å². The number of nitrogens with zero attached hydrogens (tertiary/aromatic N) is 1. The highest BCUT2D eigenvalue weighted by Gasteiger charge is 2.32. The van der Waals surface area contributed by atoms with Crippen LogP contribution in [0.3, 0.4) is 0 Å². The van der Waals surface area contributed by atoms with Gasteiger partial charge in [-0.2, -0.15) is 0 Å². The molecule has 0 atom stereocenters. The molecule has 0 radical (unpaired) electrons. The van der Waals surface area contributed by atoms with Crippen molar-refractivity contribution >= 4 is 5.69 Å². The van der Waals surface area contributed by atoms with Gasteiger partial charge in [-0.1, -0.05) is 12.8 Å². The number of phenolic OH excluding ortho intramolecular Hbond substituents is 1. The highest BCUT2D eigenvalue weighted by Crippen LogP contribution is 2.31. The molecule has 1 aliphatic carbocycles. The van der Waals surface area contributed by atoms with Crippen LogP contribution in [0.25, 0.3) is 0 Å². The molecule has 0 heterocycles. The van der Waals surface area contributed by atoms with E-state index in [2.05, 4.69) is 0 Å². The number of likely N-dealkylation sites (N-methyl/N-ethyl adjacent to an activating group) is 1. The second-order valence-corrected chi connectivity index (χ2v) is 4.80. The van der Waals surface area contributed by atoms with Crippen LogP contribution in [0.5, 0.6) is 5.75 Å². The summed E-state index contributed by atoms with van der Waals surface area (Å²) in [4.78, 5) is 2.05. The maximum atomic E-state index is 10.3. The fraction of sp³-hybridized carbons (Fsp3) is 0.538. The van der Waals surface area contributed by atoms with Gasteiger partial charge < -0.3 is 15.1 Å². The molecule has 0 bridgehead atoms. The van der Waals surface area contributed by atoms with Crippen LogP contribution in [0.2, 0.25) is 0 Å². The Morgan fingerprint density at radius 1 is 1.19 bits per heavy atom.